The molecule has 0 saturated carbocycles. The highest BCUT2D eigenvalue weighted by Gasteiger charge is 2.21. The van der Waals surface area contributed by atoms with Gasteiger partial charge in [0.15, 0.2) is 0 Å². The molecule has 1 aromatic heterocycles. The molecule has 7 heteroatoms. The van der Waals surface area contributed by atoms with E-state index in [2.05, 4.69) is 5.32 Å². The van der Waals surface area contributed by atoms with Crippen LogP contribution in [-0.2, 0) is 0 Å². The van der Waals surface area contributed by atoms with Crippen molar-refractivity contribution >= 4 is 40.4 Å². The van der Waals surface area contributed by atoms with E-state index in [4.69, 9.17) is 27.9 Å². The van der Waals surface area contributed by atoms with E-state index in [-0.39, 0.29) is 5.91 Å². The van der Waals surface area contributed by atoms with Gasteiger partial charge in [0.05, 0.1) is 16.4 Å². The van der Waals surface area contributed by atoms with Crippen molar-refractivity contribution in [3.63, 3.8) is 0 Å². The molecule has 0 fully saturated rings. The average molecular weight is 344 g/mol. The topological polar surface area (TPSA) is 58.6 Å². The van der Waals surface area contributed by atoms with Gasteiger partial charge in [0.25, 0.3) is 5.91 Å². The van der Waals surface area contributed by atoms with Crippen LogP contribution in [-0.4, -0.2) is 24.2 Å². The van der Waals surface area contributed by atoms with Crippen molar-refractivity contribution in [3.8, 4) is 5.75 Å². The minimum atomic E-state index is -0.942. The van der Waals surface area contributed by atoms with E-state index in [1.165, 1.54) is 11.3 Å². The predicted molar refractivity (Wildman–Crippen MR) is 82.7 cm³/mol. The van der Waals surface area contributed by atoms with Crippen LogP contribution in [0.4, 0.5) is 0 Å². The van der Waals surface area contributed by atoms with Crippen molar-refractivity contribution in [2.24, 2.45) is 0 Å². The van der Waals surface area contributed by atoms with Crippen molar-refractivity contribution in [1.82, 2.24) is 5.32 Å². The van der Waals surface area contributed by atoms with Crippen molar-refractivity contribution in [2.75, 3.05) is 13.2 Å². The lowest BCUT2D eigenvalue weighted by Gasteiger charge is -2.13. The van der Waals surface area contributed by atoms with Crippen LogP contribution >= 0.6 is 34.5 Å². The van der Waals surface area contributed by atoms with Gasteiger partial charge < -0.3 is 15.2 Å². The van der Waals surface area contributed by atoms with Crippen LogP contribution < -0.4 is 10.1 Å². The molecule has 0 radical (unpaired) electrons. The Bertz CT molecular complexity index is 702. The molecule has 0 spiro atoms. The maximum Gasteiger partial charge on any atom is 0.255 e. The van der Waals surface area contributed by atoms with Gasteiger partial charge in [-0.25, -0.2) is 0 Å². The summed E-state index contributed by atoms with van der Waals surface area (Å²) in [5, 5.41) is 13.2. The van der Waals surface area contributed by atoms with Gasteiger partial charge in [-0.3, -0.25) is 4.79 Å². The molecule has 110 valence electrons. The molecule has 2 N–H and O–H groups in total. The number of fused-ring (bicyclic) bond motifs is 1. The summed E-state index contributed by atoms with van der Waals surface area (Å²) in [6.07, 6.45) is -0.942. The number of thiophene rings is 1. The number of carbonyl (C=O) groups excluding carboxylic acids is 1. The SMILES string of the molecule is O=C1NCCOc2ccc(C(O)c3cc(Cl)sc3Cl)cc21. The summed E-state index contributed by atoms with van der Waals surface area (Å²) in [4.78, 5) is 12.0. The largest absolute Gasteiger partial charge is 0.491 e. The third-order valence-electron chi connectivity index (χ3n) is 3.19. The van der Waals surface area contributed by atoms with Gasteiger partial charge in [0, 0.05) is 5.56 Å². The lowest BCUT2D eigenvalue weighted by molar-refractivity contribution is 0.0957. The highest BCUT2D eigenvalue weighted by Crippen LogP contribution is 2.38. The van der Waals surface area contributed by atoms with E-state index < -0.39 is 6.10 Å². The van der Waals surface area contributed by atoms with E-state index in [0.717, 1.165) is 0 Å². The molecule has 1 aliphatic rings. The molecule has 21 heavy (non-hydrogen) atoms. The summed E-state index contributed by atoms with van der Waals surface area (Å²) < 4.78 is 6.42. The molecule has 0 bridgehead atoms. The third-order valence-corrected chi connectivity index (χ3v) is 4.70. The highest BCUT2D eigenvalue weighted by atomic mass is 35.5. The van der Waals surface area contributed by atoms with E-state index >= 15 is 0 Å². The van der Waals surface area contributed by atoms with Crippen LogP contribution in [0.3, 0.4) is 0 Å². The lowest BCUT2D eigenvalue weighted by atomic mass is 10.0. The van der Waals surface area contributed by atoms with Gasteiger partial charge >= 0.3 is 0 Å². The van der Waals surface area contributed by atoms with Crippen LogP contribution in [0.15, 0.2) is 24.3 Å². The molecule has 1 aromatic carbocycles. The quantitative estimate of drug-likeness (QED) is 0.879. The first kappa shape index (κ1) is 14.7. The fourth-order valence-electron chi connectivity index (χ4n) is 2.16. The van der Waals surface area contributed by atoms with Gasteiger partial charge in [-0.05, 0) is 23.8 Å². The Labute approximate surface area is 135 Å². The zero-order valence-corrected chi connectivity index (χ0v) is 13.1. The Hall–Kier alpha value is -1.27. The van der Waals surface area contributed by atoms with Gasteiger partial charge in [0.1, 0.15) is 22.8 Å². The third kappa shape index (κ3) is 2.87. The Morgan fingerprint density at radius 2 is 2.14 bits per heavy atom. The Kier molecular flexibility index (Phi) is 4.08. The Morgan fingerprint density at radius 3 is 2.86 bits per heavy atom. The first-order valence-electron chi connectivity index (χ1n) is 6.24. The predicted octanol–water partition coefficient (Wildman–Crippen LogP) is 3.26. The normalized spacial score (nSPS) is 15.7. The maximum absolute atomic E-state index is 12.0. The standard InChI is InChI=1S/C14H11Cl2NO3S/c15-11-6-9(13(16)21-11)12(18)7-1-2-10-8(5-7)14(19)17-3-4-20-10/h1-2,5-6,12,18H,3-4H2,(H,17,19). The summed E-state index contributed by atoms with van der Waals surface area (Å²) in [5.41, 5.74) is 1.49. The summed E-state index contributed by atoms with van der Waals surface area (Å²) in [5.74, 6) is 0.293. The number of carbonyl (C=O) groups is 1. The summed E-state index contributed by atoms with van der Waals surface area (Å²) in [7, 11) is 0. The van der Waals surface area contributed by atoms with E-state index in [1.807, 2.05) is 0 Å². The Balaban J connectivity index is 2.00. The number of aliphatic hydroxyl groups is 1. The second-order valence-electron chi connectivity index (χ2n) is 4.54. The van der Waals surface area contributed by atoms with Gasteiger partial charge in [0.2, 0.25) is 0 Å². The van der Waals surface area contributed by atoms with Crippen molar-refractivity contribution in [2.45, 2.75) is 6.10 Å². The summed E-state index contributed by atoms with van der Waals surface area (Å²) in [6, 6.07) is 6.63. The fourth-order valence-corrected chi connectivity index (χ4v) is 3.68. The first-order chi connectivity index (χ1) is 10.1. The van der Waals surface area contributed by atoms with Crippen LogP contribution in [0, 0.1) is 0 Å². The molecule has 1 atom stereocenters. The van der Waals surface area contributed by atoms with E-state index in [0.29, 0.717) is 44.3 Å². The summed E-state index contributed by atoms with van der Waals surface area (Å²) >= 11 is 13.1. The zero-order valence-electron chi connectivity index (χ0n) is 10.7. The average Bonchev–Trinajstić information content (AvgIpc) is 2.69. The monoisotopic (exact) mass is 343 g/mol. The molecule has 1 amide bonds. The van der Waals surface area contributed by atoms with Gasteiger partial charge in [-0.1, -0.05) is 29.3 Å². The molecule has 4 nitrogen and oxygen atoms in total. The number of aliphatic hydroxyl groups excluding tert-OH is 1. The van der Waals surface area contributed by atoms with Crippen molar-refractivity contribution < 1.29 is 14.6 Å². The molecular formula is C14H11Cl2NO3S. The number of benzene rings is 1. The van der Waals surface area contributed by atoms with Crippen molar-refractivity contribution in [1.29, 1.82) is 0 Å². The molecule has 1 unspecified atom stereocenters. The zero-order chi connectivity index (χ0) is 15.0. The van der Waals surface area contributed by atoms with Crippen LogP contribution in [0.2, 0.25) is 8.67 Å². The molecule has 2 aromatic rings. The molecule has 2 heterocycles. The minimum absolute atomic E-state index is 0.217. The maximum atomic E-state index is 12.0. The molecule has 0 aliphatic carbocycles. The molecule has 3 rings (SSSR count). The fraction of sp³-hybridized carbons (Fsp3) is 0.214. The highest BCUT2D eigenvalue weighted by molar-refractivity contribution is 7.20. The van der Waals surface area contributed by atoms with Crippen LogP contribution in [0.25, 0.3) is 0 Å². The number of amides is 1. The van der Waals surface area contributed by atoms with E-state index in [1.54, 1.807) is 24.3 Å². The molecule has 1 aliphatic heterocycles. The van der Waals surface area contributed by atoms with Crippen LogP contribution in [0.5, 0.6) is 5.75 Å². The number of hydrogen-bond donors (Lipinski definition) is 2. The number of rotatable bonds is 2. The minimum Gasteiger partial charge on any atom is -0.491 e. The van der Waals surface area contributed by atoms with E-state index in [9.17, 15) is 9.90 Å². The van der Waals surface area contributed by atoms with Crippen LogP contribution in [0.1, 0.15) is 27.6 Å². The lowest BCUT2D eigenvalue weighted by Crippen LogP contribution is -2.24. The molecular weight excluding hydrogens is 333 g/mol. The smallest absolute Gasteiger partial charge is 0.255 e. The first-order valence-corrected chi connectivity index (χ1v) is 7.81. The second kappa shape index (κ2) is 5.85. The summed E-state index contributed by atoms with van der Waals surface area (Å²) in [6.45, 7) is 0.879. The number of hydrogen-bond acceptors (Lipinski definition) is 4. The number of halogens is 2. The second-order valence-corrected chi connectivity index (χ2v) is 6.83. The van der Waals surface area contributed by atoms with Crippen molar-refractivity contribution in [3.05, 3.63) is 49.6 Å². The Morgan fingerprint density at radius 1 is 1.33 bits per heavy atom. The van der Waals surface area contributed by atoms with Gasteiger partial charge in [-0.15, -0.1) is 11.3 Å². The number of ether oxygens (including phenoxy) is 1. The number of nitrogens with one attached hydrogen (secondary N) is 1. The molecule has 0 saturated heterocycles. The van der Waals surface area contributed by atoms with Gasteiger partial charge in [-0.2, -0.15) is 0 Å².